The summed E-state index contributed by atoms with van der Waals surface area (Å²) >= 11 is 0. The Kier molecular flexibility index (Phi) is 5.91. The number of furan rings is 1. The molecule has 1 aromatic heterocycles. The van der Waals surface area contributed by atoms with E-state index in [0.29, 0.717) is 12.8 Å². The molecular formula is C17H19FN2O3. The molecular weight excluding hydrogens is 299 g/mol. The molecule has 6 heteroatoms. The normalized spacial score (nSPS) is 11.9. The fourth-order valence-corrected chi connectivity index (χ4v) is 2.20. The zero-order chi connectivity index (χ0) is 16.7. The van der Waals surface area contributed by atoms with Gasteiger partial charge in [0.25, 0.3) is 0 Å². The van der Waals surface area contributed by atoms with Crippen LogP contribution in [0.4, 0.5) is 4.39 Å². The van der Waals surface area contributed by atoms with Gasteiger partial charge >= 0.3 is 0 Å². The van der Waals surface area contributed by atoms with Crippen LogP contribution < -0.4 is 11.1 Å². The van der Waals surface area contributed by atoms with Gasteiger partial charge < -0.3 is 15.5 Å². The molecule has 0 radical (unpaired) electrons. The third kappa shape index (κ3) is 5.58. The van der Waals surface area contributed by atoms with E-state index in [1.807, 2.05) is 0 Å². The Morgan fingerprint density at radius 3 is 2.57 bits per heavy atom. The van der Waals surface area contributed by atoms with Crippen LogP contribution in [0, 0.1) is 11.7 Å². The minimum absolute atomic E-state index is 0.156. The maximum atomic E-state index is 12.9. The van der Waals surface area contributed by atoms with Gasteiger partial charge in [-0.1, -0.05) is 12.1 Å². The topological polar surface area (TPSA) is 85.3 Å². The smallest absolute Gasteiger partial charge is 0.222 e. The number of carbonyl (C=O) groups excluding carboxylic acids is 2. The first kappa shape index (κ1) is 16.7. The molecule has 2 aromatic rings. The molecule has 2 amide bonds. The van der Waals surface area contributed by atoms with Gasteiger partial charge in [0.05, 0.1) is 12.2 Å². The van der Waals surface area contributed by atoms with E-state index < -0.39 is 11.8 Å². The highest BCUT2D eigenvalue weighted by Gasteiger charge is 2.17. The lowest BCUT2D eigenvalue weighted by Crippen LogP contribution is -2.37. The summed E-state index contributed by atoms with van der Waals surface area (Å²) in [5, 5.41) is 2.70. The second kappa shape index (κ2) is 8.12. The molecule has 2 rings (SSSR count). The van der Waals surface area contributed by atoms with Crippen molar-refractivity contribution in [3.63, 3.8) is 0 Å². The maximum Gasteiger partial charge on any atom is 0.222 e. The largest absolute Gasteiger partial charge is 0.469 e. The third-order valence-corrected chi connectivity index (χ3v) is 3.52. The number of benzene rings is 1. The van der Waals surface area contributed by atoms with E-state index in [4.69, 9.17) is 10.2 Å². The van der Waals surface area contributed by atoms with Crippen LogP contribution in [0.1, 0.15) is 17.7 Å². The van der Waals surface area contributed by atoms with Crippen molar-refractivity contribution in [3.05, 3.63) is 59.8 Å². The number of carbonyl (C=O) groups is 2. The number of hydrogen-bond acceptors (Lipinski definition) is 3. The summed E-state index contributed by atoms with van der Waals surface area (Å²) in [7, 11) is 0. The molecule has 0 saturated heterocycles. The number of nitrogens with one attached hydrogen (secondary N) is 1. The van der Waals surface area contributed by atoms with Gasteiger partial charge in [-0.3, -0.25) is 9.59 Å². The second-order valence-electron chi connectivity index (χ2n) is 5.31. The Morgan fingerprint density at radius 1 is 1.22 bits per heavy atom. The van der Waals surface area contributed by atoms with Gasteiger partial charge in [-0.2, -0.15) is 0 Å². The molecule has 5 nitrogen and oxygen atoms in total. The Balaban J connectivity index is 1.80. The predicted molar refractivity (Wildman–Crippen MR) is 82.8 cm³/mol. The van der Waals surface area contributed by atoms with Crippen molar-refractivity contribution < 1.29 is 18.4 Å². The van der Waals surface area contributed by atoms with Gasteiger partial charge in [0, 0.05) is 19.4 Å². The van der Waals surface area contributed by atoms with Crippen molar-refractivity contribution >= 4 is 11.8 Å². The van der Waals surface area contributed by atoms with Crippen LogP contribution in [0.3, 0.4) is 0 Å². The van der Waals surface area contributed by atoms with Crippen molar-refractivity contribution in [2.45, 2.75) is 19.3 Å². The zero-order valence-electron chi connectivity index (χ0n) is 12.6. The first-order chi connectivity index (χ1) is 11.0. The summed E-state index contributed by atoms with van der Waals surface area (Å²) < 4.78 is 18.0. The summed E-state index contributed by atoms with van der Waals surface area (Å²) in [5.41, 5.74) is 6.16. The summed E-state index contributed by atoms with van der Waals surface area (Å²) in [6.45, 7) is 0.156. The number of primary amides is 1. The molecule has 0 saturated carbocycles. The number of hydrogen-bond donors (Lipinski definition) is 2. The number of amides is 2. The lowest BCUT2D eigenvalue weighted by molar-refractivity contribution is -0.123. The van der Waals surface area contributed by atoms with Gasteiger partial charge in [-0.05, 0) is 36.2 Å². The molecule has 0 aliphatic heterocycles. The fourth-order valence-electron chi connectivity index (χ4n) is 2.20. The lowest BCUT2D eigenvalue weighted by atomic mass is 9.98. The van der Waals surface area contributed by atoms with Gasteiger partial charge in [-0.25, -0.2) is 4.39 Å². The Hall–Kier alpha value is -2.63. The zero-order valence-corrected chi connectivity index (χ0v) is 12.6. The lowest BCUT2D eigenvalue weighted by Gasteiger charge is -2.14. The first-order valence-corrected chi connectivity index (χ1v) is 7.37. The van der Waals surface area contributed by atoms with E-state index in [2.05, 4.69) is 5.32 Å². The quantitative estimate of drug-likeness (QED) is 0.778. The fraction of sp³-hybridized carbons (Fsp3) is 0.294. The van der Waals surface area contributed by atoms with Crippen LogP contribution in [-0.4, -0.2) is 18.4 Å². The molecule has 0 bridgehead atoms. The highest BCUT2D eigenvalue weighted by Crippen LogP contribution is 2.10. The van der Waals surface area contributed by atoms with E-state index in [-0.39, 0.29) is 24.7 Å². The van der Waals surface area contributed by atoms with Gasteiger partial charge in [-0.15, -0.1) is 0 Å². The average Bonchev–Trinajstić information content (AvgIpc) is 3.04. The summed E-state index contributed by atoms with van der Waals surface area (Å²) in [5.74, 6) is -0.811. The average molecular weight is 318 g/mol. The summed E-state index contributed by atoms with van der Waals surface area (Å²) in [6, 6.07) is 9.42. The monoisotopic (exact) mass is 318 g/mol. The van der Waals surface area contributed by atoms with Crippen LogP contribution in [0.2, 0.25) is 0 Å². The number of aryl methyl sites for hydroxylation is 1. The SMILES string of the molecule is NC(=O)[C@@H](CNC(=O)CCc1ccco1)Cc1ccc(F)cc1. The predicted octanol–water partition coefficient (Wildman–Crippen LogP) is 1.81. The molecule has 1 heterocycles. The molecule has 0 aliphatic carbocycles. The van der Waals surface area contributed by atoms with E-state index in [0.717, 1.165) is 11.3 Å². The van der Waals surface area contributed by atoms with Gasteiger partial charge in [0.2, 0.25) is 11.8 Å². The third-order valence-electron chi connectivity index (χ3n) is 3.52. The molecule has 0 fully saturated rings. The number of rotatable bonds is 8. The molecule has 122 valence electrons. The van der Waals surface area contributed by atoms with Gasteiger partial charge in [0.15, 0.2) is 0 Å². The molecule has 0 spiro atoms. The Morgan fingerprint density at radius 2 is 1.96 bits per heavy atom. The van der Waals surface area contributed by atoms with Gasteiger partial charge in [0.1, 0.15) is 11.6 Å². The molecule has 23 heavy (non-hydrogen) atoms. The summed E-state index contributed by atoms with van der Waals surface area (Å²) in [6.07, 6.45) is 2.68. The van der Waals surface area contributed by atoms with Crippen molar-refractivity contribution in [2.24, 2.45) is 11.7 Å². The minimum Gasteiger partial charge on any atom is -0.469 e. The van der Waals surface area contributed by atoms with E-state index >= 15 is 0 Å². The number of nitrogens with two attached hydrogens (primary N) is 1. The first-order valence-electron chi connectivity index (χ1n) is 7.37. The maximum absolute atomic E-state index is 12.9. The second-order valence-corrected chi connectivity index (χ2v) is 5.31. The van der Waals surface area contributed by atoms with Crippen LogP contribution >= 0.6 is 0 Å². The minimum atomic E-state index is -0.534. The Bertz CT molecular complexity index is 638. The van der Waals surface area contributed by atoms with Crippen molar-refractivity contribution in [1.82, 2.24) is 5.32 Å². The van der Waals surface area contributed by atoms with E-state index in [1.165, 1.54) is 12.1 Å². The summed E-state index contributed by atoms with van der Waals surface area (Å²) in [4.78, 5) is 23.3. The van der Waals surface area contributed by atoms with Crippen molar-refractivity contribution in [3.8, 4) is 0 Å². The van der Waals surface area contributed by atoms with Crippen LogP contribution in [0.15, 0.2) is 47.1 Å². The van der Waals surface area contributed by atoms with E-state index in [9.17, 15) is 14.0 Å². The van der Waals surface area contributed by atoms with Crippen LogP contribution in [0.5, 0.6) is 0 Å². The van der Waals surface area contributed by atoms with Crippen LogP contribution in [0.25, 0.3) is 0 Å². The highest BCUT2D eigenvalue weighted by molar-refractivity contribution is 5.79. The van der Waals surface area contributed by atoms with Crippen LogP contribution in [-0.2, 0) is 22.4 Å². The number of halogens is 1. The van der Waals surface area contributed by atoms with Crippen molar-refractivity contribution in [2.75, 3.05) is 6.54 Å². The molecule has 0 aliphatic rings. The Labute approximate surface area is 133 Å². The van der Waals surface area contributed by atoms with Crippen molar-refractivity contribution in [1.29, 1.82) is 0 Å². The molecule has 1 aromatic carbocycles. The standard InChI is InChI=1S/C17H19FN2O3/c18-14-5-3-12(4-6-14)10-13(17(19)22)11-20-16(21)8-7-15-2-1-9-23-15/h1-6,9,13H,7-8,10-11H2,(H2,19,22)(H,20,21)/t13-/m1/s1. The molecule has 0 unspecified atom stereocenters. The molecule has 1 atom stereocenters. The highest BCUT2D eigenvalue weighted by atomic mass is 19.1. The molecule has 3 N–H and O–H groups in total. The van der Waals surface area contributed by atoms with E-state index in [1.54, 1.807) is 30.5 Å².